The molecule has 0 aliphatic rings. The van der Waals surface area contributed by atoms with Crippen LogP contribution in [-0.4, -0.2) is 27.5 Å². The minimum Gasteiger partial charge on any atom is -0.318 e. The zero-order valence-electron chi connectivity index (χ0n) is 15.7. The average molecular weight is 464 g/mol. The fourth-order valence-corrected chi connectivity index (χ4v) is 3.51. The molecule has 146 valence electrons. The summed E-state index contributed by atoms with van der Waals surface area (Å²) in [5.74, 6) is 0.520. The number of halogens is 2. The Labute approximate surface area is 176 Å². The number of para-hydroxylation sites is 1. The normalized spacial score (nSPS) is 12.0. The lowest BCUT2D eigenvalue weighted by molar-refractivity contribution is 0.204. The van der Waals surface area contributed by atoms with Crippen LogP contribution in [0.15, 0.2) is 51.7 Å². The van der Waals surface area contributed by atoms with Gasteiger partial charge in [-0.25, -0.2) is 9.78 Å². The molecular weight excluding hydrogens is 444 g/mol. The lowest BCUT2D eigenvalue weighted by Gasteiger charge is -2.27. The van der Waals surface area contributed by atoms with Crippen LogP contribution < -0.4 is 10.9 Å². The van der Waals surface area contributed by atoms with Crippen molar-refractivity contribution in [3.8, 4) is 0 Å². The van der Waals surface area contributed by atoms with Crippen LogP contribution in [0.3, 0.4) is 0 Å². The highest BCUT2D eigenvalue weighted by molar-refractivity contribution is 9.10. The summed E-state index contributed by atoms with van der Waals surface area (Å²) in [4.78, 5) is 31.8. The fourth-order valence-electron chi connectivity index (χ4n) is 2.95. The van der Waals surface area contributed by atoms with E-state index in [1.165, 1.54) is 4.90 Å². The number of fused-ring (bicyclic) bond motifs is 1. The summed E-state index contributed by atoms with van der Waals surface area (Å²) in [5, 5.41) is 3.81. The summed E-state index contributed by atoms with van der Waals surface area (Å²) in [6.45, 7) is 4.15. The number of nitrogens with zero attached hydrogens (tertiary/aromatic N) is 3. The molecule has 3 rings (SSSR count). The van der Waals surface area contributed by atoms with Gasteiger partial charge in [-0.15, -0.1) is 0 Å². The second-order valence-corrected chi connectivity index (χ2v) is 7.67. The first-order chi connectivity index (χ1) is 13.3. The molecule has 6 nitrogen and oxygen atoms in total. The van der Waals surface area contributed by atoms with E-state index in [0.717, 1.165) is 4.47 Å². The highest BCUT2D eigenvalue weighted by Crippen LogP contribution is 2.24. The molecule has 0 spiro atoms. The van der Waals surface area contributed by atoms with E-state index in [1.807, 2.05) is 32.0 Å². The van der Waals surface area contributed by atoms with Crippen LogP contribution in [0.2, 0.25) is 5.02 Å². The van der Waals surface area contributed by atoms with Crippen LogP contribution in [0.1, 0.15) is 25.7 Å². The standard InChI is InChI=1S/C20H20BrClN4O2/c1-4-26-18(23-16-10-9-13(22)11-14(16)19(26)27)12(2)25(3)20(28)24-17-8-6-5-7-15(17)21/h5-12H,4H2,1-3H3,(H,24,28). The SMILES string of the molecule is CCn1c(C(C)N(C)C(=O)Nc2ccccc2Br)nc2ccc(Cl)cc2c1=O. The van der Waals surface area contributed by atoms with E-state index in [-0.39, 0.29) is 11.6 Å². The van der Waals surface area contributed by atoms with Crippen LogP contribution in [0, 0.1) is 0 Å². The van der Waals surface area contributed by atoms with Gasteiger partial charge in [0.2, 0.25) is 0 Å². The molecule has 1 atom stereocenters. The Balaban J connectivity index is 1.96. The van der Waals surface area contributed by atoms with Gasteiger partial charge in [0.15, 0.2) is 0 Å². The predicted octanol–water partition coefficient (Wildman–Crippen LogP) is 5.06. The van der Waals surface area contributed by atoms with E-state index in [9.17, 15) is 9.59 Å². The van der Waals surface area contributed by atoms with Crippen LogP contribution in [-0.2, 0) is 6.54 Å². The molecule has 3 aromatic rings. The summed E-state index contributed by atoms with van der Waals surface area (Å²) < 4.78 is 2.36. The first-order valence-corrected chi connectivity index (χ1v) is 9.99. The highest BCUT2D eigenvalue weighted by atomic mass is 79.9. The van der Waals surface area contributed by atoms with Crippen LogP contribution in [0.4, 0.5) is 10.5 Å². The number of amides is 2. The number of carbonyl (C=O) groups is 1. The number of rotatable bonds is 4. The van der Waals surface area contributed by atoms with E-state index < -0.39 is 6.04 Å². The molecular formula is C20H20BrClN4O2. The van der Waals surface area contributed by atoms with Crippen LogP contribution in [0.5, 0.6) is 0 Å². The summed E-state index contributed by atoms with van der Waals surface area (Å²) in [6.07, 6.45) is 0. The van der Waals surface area contributed by atoms with Gasteiger partial charge in [0.05, 0.1) is 22.6 Å². The number of hydrogen-bond donors (Lipinski definition) is 1. The maximum Gasteiger partial charge on any atom is 0.322 e. The Morgan fingerprint density at radius 3 is 2.71 bits per heavy atom. The minimum absolute atomic E-state index is 0.170. The fraction of sp³-hybridized carbons (Fsp3) is 0.250. The Morgan fingerprint density at radius 2 is 2.04 bits per heavy atom. The van der Waals surface area contributed by atoms with E-state index >= 15 is 0 Å². The van der Waals surface area contributed by atoms with E-state index in [0.29, 0.717) is 34.0 Å². The second kappa shape index (κ2) is 8.32. The Bertz CT molecular complexity index is 1100. The first-order valence-electron chi connectivity index (χ1n) is 8.81. The molecule has 1 heterocycles. The molecule has 0 aliphatic carbocycles. The van der Waals surface area contributed by atoms with Crippen molar-refractivity contribution < 1.29 is 4.79 Å². The van der Waals surface area contributed by atoms with Gasteiger partial charge in [-0.05, 0) is 60.1 Å². The Morgan fingerprint density at radius 1 is 1.32 bits per heavy atom. The highest BCUT2D eigenvalue weighted by Gasteiger charge is 2.23. The number of urea groups is 1. The van der Waals surface area contributed by atoms with Gasteiger partial charge in [0.1, 0.15) is 5.82 Å². The number of hydrogen-bond acceptors (Lipinski definition) is 3. The zero-order chi connectivity index (χ0) is 20.4. The summed E-state index contributed by atoms with van der Waals surface area (Å²) in [6, 6.07) is 11.7. The molecule has 28 heavy (non-hydrogen) atoms. The summed E-state index contributed by atoms with van der Waals surface area (Å²) in [5.41, 5.74) is 1.05. The third-order valence-corrected chi connectivity index (χ3v) is 5.58. The molecule has 1 aromatic heterocycles. The first kappa shape index (κ1) is 20.4. The molecule has 2 amide bonds. The van der Waals surface area contributed by atoms with Gasteiger partial charge in [-0.3, -0.25) is 9.36 Å². The van der Waals surface area contributed by atoms with Crippen molar-refractivity contribution >= 4 is 50.2 Å². The molecule has 0 bridgehead atoms. The average Bonchev–Trinajstić information content (AvgIpc) is 2.68. The number of carbonyl (C=O) groups excluding carboxylic acids is 1. The van der Waals surface area contributed by atoms with Crippen molar-refractivity contribution in [2.24, 2.45) is 0 Å². The zero-order valence-corrected chi connectivity index (χ0v) is 18.1. The summed E-state index contributed by atoms with van der Waals surface area (Å²) in [7, 11) is 1.68. The van der Waals surface area contributed by atoms with Crippen molar-refractivity contribution in [3.05, 3.63) is 68.1 Å². The van der Waals surface area contributed by atoms with Crippen molar-refractivity contribution in [2.75, 3.05) is 12.4 Å². The van der Waals surface area contributed by atoms with Gasteiger partial charge in [-0.2, -0.15) is 0 Å². The van der Waals surface area contributed by atoms with Gasteiger partial charge >= 0.3 is 6.03 Å². The van der Waals surface area contributed by atoms with Gasteiger partial charge in [0, 0.05) is 23.1 Å². The van der Waals surface area contributed by atoms with Crippen molar-refractivity contribution in [1.82, 2.24) is 14.5 Å². The predicted molar refractivity (Wildman–Crippen MR) is 116 cm³/mol. The van der Waals surface area contributed by atoms with Crippen LogP contribution >= 0.6 is 27.5 Å². The molecule has 1 N–H and O–H groups in total. The Hall–Kier alpha value is -2.38. The number of benzene rings is 2. The van der Waals surface area contributed by atoms with E-state index in [1.54, 1.807) is 35.9 Å². The maximum atomic E-state index is 12.9. The molecule has 0 fully saturated rings. The quantitative estimate of drug-likeness (QED) is 0.588. The maximum absolute atomic E-state index is 12.9. The third kappa shape index (κ3) is 3.91. The van der Waals surface area contributed by atoms with Gasteiger partial charge < -0.3 is 10.2 Å². The molecule has 0 radical (unpaired) electrons. The molecule has 0 saturated carbocycles. The smallest absolute Gasteiger partial charge is 0.318 e. The lowest BCUT2D eigenvalue weighted by atomic mass is 10.2. The van der Waals surface area contributed by atoms with Gasteiger partial charge in [-0.1, -0.05) is 23.7 Å². The molecule has 1 unspecified atom stereocenters. The number of anilines is 1. The monoisotopic (exact) mass is 462 g/mol. The molecule has 0 aliphatic heterocycles. The van der Waals surface area contributed by atoms with E-state index in [4.69, 9.17) is 11.6 Å². The lowest BCUT2D eigenvalue weighted by Crippen LogP contribution is -2.37. The van der Waals surface area contributed by atoms with Crippen LogP contribution in [0.25, 0.3) is 10.9 Å². The molecule has 8 heteroatoms. The van der Waals surface area contributed by atoms with E-state index in [2.05, 4.69) is 26.2 Å². The van der Waals surface area contributed by atoms with Gasteiger partial charge in [0.25, 0.3) is 5.56 Å². The van der Waals surface area contributed by atoms with Crippen molar-refractivity contribution in [1.29, 1.82) is 0 Å². The Kier molecular flexibility index (Phi) is 6.05. The third-order valence-electron chi connectivity index (χ3n) is 4.65. The molecule has 0 saturated heterocycles. The topological polar surface area (TPSA) is 67.2 Å². The molecule has 2 aromatic carbocycles. The van der Waals surface area contributed by atoms with Crippen molar-refractivity contribution in [3.63, 3.8) is 0 Å². The number of aromatic nitrogens is 2. The minimum atomic E-state index is -0.421. The summed E-state index contributed by atoms with van der Waals surface area (Å²) >= 11 is 9.45. The van der Waals surface area contributed by atoms with Crippen molar-refractivity contribution in [2.45, 2.75) is 26.4 Å². The second-order valence-electron chi connectivity index (χ2n) is 6.38. The largest absolute Gasteiger partial charge is 0.322 e. The number of nitrogens with one attached hydrogen (secondary N) is 1.